The number of rotatable bonds is 7. The van der Waals surface area contributed by atoms with Crippen LogP contribution in [0.15, 0.2) is 48.5 Å². The Kier molecular flexibility index (Phi) is 7.16. The molecular weight excluding hydrogens is 357 g/mol. The molecule has 0 fully saturated rings. The molecule has 2 aromatic rings. The highest BCUT2D eigenvalue weighted by atomic mass is 35.5. The summed E-state index contributed by atoms with van der Waals surface area (Å²) in [4.78, 5) is 24.5. The molecule has 2 aromatic carbocycles. The predicted molar refractivity (Wildman–Crippen MR) is 98.5 cm³/mol. The predicted octanol–water partition coefficient (Wildman–Crippen LogP) is 4.68. The number of amides is 1. The van der Waals surface area contributed by atoms with E-state index < -0.39 is 23.8 Å². The first-order chi connectivity index (χ1) is 12.4. The van der Waals surface area contributed by atoms with Gasteiger partial charge in [0.05, 0.1) is 11.6 Å². The van der Waals surface area contributed by atoms with Crippen LogP contribution in [0.4, 0.5) is 4.39 Å². The minimum Gasteiger partial charge on any atom is -0.449 e. The van der Waals surface area contributed by atoms with Crippen molar-refractivity contribution in [2.24, 2.45) is 0 Å². The lowest BCUT2D eigenvalue weighted by atomic mass is 10.0. The van der Waals surface area contributed by atoms with E-state index in [9.17, 15) is 14.0 Å². The third kappa shape index (κ3) is 5.30. The lowest BCUT2D eigenvalue weighted by Crippen LogP contribution is -2.38. The van der Waals surface area contributed by atoms with Gasteiger partial charge in [0, 0.05) is 5.02 Å². The topological polar surface area (TPSA) is 55.4 Å². The number of halogens is 2. The zero-order chi connectivity index (χ0) is 19.1. The van der Waals surface area contributed by atoms with Crippen LogP contribution >= 0.6 is 11.6 Å². The molecule has 6 heteroatoms. The Bertz CT molecular complexity index is 767. The van der Waals surface area contributed by atoms with Crippen molar-refractivity contribution in [1.82, 2.24) is 5.32 Å². The van der Waals surface area contributed by atoms with Gasteiger partial charge in [0.25, 0.3) is 5.91 Å². The smallest absolute Gasteiger partial charge is 0.341 e. The number of carbonyl (C=O) groups is 2. The van der Waals surface area contributed by atoms with Crippen LogP contribution in [0.1, 0.15) is 48.7 Å². The van der Waals surface area contributed by atoms with E-state index in [4.69, 9.17) is 16.3 Å². The average Bonchev–Trinajstić information content (AvgIpc) is 2.63. The molecule has 0 saturated heterocycles. The van der Waals surface area contributed by atoms with Gasteiger partial charge in [-0.3, -0.25) is 4.79 Å². The van der Waals surface area contributed by atoms with Crippen LogP contribution in [0.2, 0.25) is 5.02 Å². The van der Waals surface area contributed by atoms with Gasteiger partial charge in [0.1, 0.15) is 5.82 Å². The minimum absolute atomic E-state index is 0.183. The first kappa shape index (κ1) is 19.9. The monoisotopic (exact) mass is 377 g/mol. The second-order valence-corrected chi connectivity index (χ2v) is 6.37. The summed E-state index contributed by atoms with van der Waals surface area (Å²) in [7, 11) is 0. The minimum atomic E-state index is -1.07. The standard InChI is InChI=1S/C20H21ClFNO3/c1-3-7-18(14-8-5-4-6-9-14)23-19(24)13(2)26-20(25)16-12-15(21)10-11-17(16)22/h4-6,8-13,18H,3,7H2,1-2H3,(H,23,24). The summed E-state index contributed by atoms with van der Waals surface area (Å²) >= 11 is 5.78. The fraction of sp³-hybridized carbons (Fsp3) is 0.300. The van der Waals surface area contributed by atoms with Gasteiger partial charge in [0.2, 0.25) is 0 Å². The third-order valence-electron chi connectivity index (χ3n) is 3.90. The molecule has 0 aromatic heterocycles. The lowest BCUT2D eigenvalue weighted by Gasteiger charge is -2.21. The highest BCUT2D eigenvalue weighted by Gasteiger charge is 2.23. The van der Waals surface area contributed by atoms with E-state index in [0.717, 1.165) is 24.5 Å². The molecule has 0 heterocycles. The zero-order valence-corrected chi connectivity index (χ0v) is 15.4. The van der Waals surface area contributed by atoms with E-state index in [1.165, 1.54) is 19.1 Å². The molecule has 1 N–H and O–H groups in total. The van der Waals surface area contributed by atoms with Gasteiger partial charge in [-0.15, -0.1) is 0 Å². The molecule has 0 radical (unpaired) electrons. The van der Waals surface area contributed by atoms with Crippen molar-refractivity contribution >= 4 is 23.5 Å². The number of ether oxygens (including phenoxy) is 1. The number of hydrogen-bond acceptors (Lipinski definition) is 3. The second-order valence-electron chi connectivity index (χ2n) is 5.93. The first-order valence-corrected chi connectivity index (χ1v) is 8.81. The van der Waals surface area contributed by atoms with Gasteiger partial charge in [-0.05, 0) is 37.1 Å². The molecule has 0 spiro atoms. The highest BCUT2D eigenvalue weighted by Crippen LogP contribution is 2.19. The Morgan fingerprint density at radius 2 is 1.88 bits per heavy atom. The summed E-state index contributed by atoms with van der Waals surface area (Å²) in [5.74, 6) is -2.12. The summed E-state index contributed by atoms with van der Waals surface area (Å²) in [5, 5.41) is 3.09. The molecule has 0 saturated carbocycles. The summed E-state index contributed by atoms with van der Waals surface area (Å²) in [5.41, 5.74) is 0.674. The molecule has 4 nitrogen and oxygen atoms in total. The molecule has 26 heavy (non-hydrogen) atoms. The summed E-state index contributed by atoms with van der Waals surface area (Å²) in [6, 6.07) is 13.0. The fourth-order valence-corrected chi connectivity index (χ4v) is 2.69. The van der Waals surface area contributed by atoms with Gasteiger partial charge in [0.15, 0.2) is 6.10 Å². The summed E-state index contributed by atoms with van der Waals surface area (Å²) < 4.78 is 18.8. The molecule has 138 valence electrons. The van der Waals surface area contributed by atoms with Crippen molar-refractivity contribution in [3.63, 3.8) is 0 Å². The van der Waals surface area contributed by atoms with Gasteiger partial charge >= 0.3 is 5.97 Å². The molecule has 2 unspecified atom stereocenters. The molecular formula is C20H21ClFNO3. The first-order valence-electron chi connectivity index (χ1n) is 8.43. The Morgan fingerprint density at radius 3 is 2.54 bits per heavy atom. The Hall–Kier alpha value is -2.40. The van der Waals surface area contributed by atoms with Gasteiger partial charge in [-0.25, -0.2) is 9.18 Å². The number of carbonyl (C=O) groups excluding carboxylic acids is 2. The third-order valence-corrected chi connectivity index (χ3v) is 4.13. The van der Waals surface area contributed by atoms with Crippen LogP contribution in [0.5, 0.6) is 0 Å². The van der Waals surface area contributed by atoms with Crippen molar-refractivity contribution in [3.05, 3.63) is 70.5 Å². The van der Waals surface area contributed by atoms with Crippen molar-refractivity contribution in [2.45, 2.75) is 38.8 Å². The lowest BCUT2D eigenvalue weighted by molar-refractivity contribution is -0.129. The van der Waals surface area contributed by atoms with E-state index in [1.807, 2.05) is 37.3 Å². The highest BCUT2D eigenvalue weighted by molar-refractivity contribution is 6.30. The van der Waals surface area contributed by atoms with Crippen LogP contribution in [0, 0.1) is 5.82 Å². The van der Waals surface area contributed by atoms with Crippen LogP contribution < -0.4 is 5.32 Å². The SMILES string of the molecule is CCCC(NC(=O)C(C)OC(=O)c1cc(Cl)ccc1F)c1ccccc1. The number of benzene rings is 2. The van der Waals surface area contributed by atoms with Gasteiger partial charge < -0.3 is 10.1 Å². The number of esters is 1. The van der Waals surface area contributed by atoms with Crippen molar-refractivity contribution < 1.29 is 18.7 Å². The van der Waals surface area contributed by atoms with E-state index >= 15 is 0 Å². The van der Waals surface area contributed by atoms with E-state index in [0.29, 0.717) is 0 Å². The van der Waals surface area contributed by atoms with Crippen LogP contribution in [0.25, 0.3) is 0 Å². The van der Waals surface area contributed by atoms with Crippen LogP contribution in [-0.2, 0) is 9.53 Å². The average molecular weight is 378 g/mol. The summed E-state index contributed by atoms with van der Waals surface area (Å²) in [6.45, 7) is 3.47. The number of hydrogen-bond donors (Lipinski definition) is 1. The van der Waals surface area contributed by atoms with Gasteiger partial charge in [-0.1, -0.05) is 55.3 Å². The molecule has 0 aliphatic carbocycles. The van der Waals surface area contributed by atoms with Crippen LogP contribution in [0.3, 0.4) is 0 Å². The molecule has 2 atom stereocenters. The van der Waals surface area contributed by atoms with Crippen molar-refractivity contribution in [1.29, 1.82) is 0 Å². The zero-order valence-electron chi connectivity index (χ0n) is 14.7. The maximum absolute atomic E-state index is 13.7. The van der Waals surface area contributed by atoms with E-state index in [-0.39, 0.29) is 16.6 Å². The maximum Gasteiger partial charge on any atom is 0.341 e. The molecule has 0 aliphatic heterocycles. The number of nitrogens with one attached hydrogen (secondary N) is 1. The fourth-order valence-electron chi connectivity index (χ4n) is 2.52. The Morgan fingerprint density at radius 1 is 1.19 bits per heavy atom. The van der Waals surface area contributed by atoms with Gasteiger partial charge in [-0.2, -0.15) is 0 Å². The van der Waals surface area contributed by atoms with E-state index in [2.05, 4.69) is 5.32 Å². The largest absolute Gasteiger partial charge is 0.449 e. The Balaban J connectivity index is 2.04. The van der Waals surface area contributed by atoms with E-state index in [1.54, 1.807) is 0 Å². The quantitative estimate of drug-likeness (QED) is 0.712. The Labute approximate surface area is 157 Å². The van der Waals surface area contributed by atoms with Crippen LogP contribution in [-0.4, -0.2) is 18.0 Å². The molecule has 0 aliphatic rings. The molecule has 0 bridgehead atoms. The van der Waals surface area contributed by atoms with Crippen molar-refractivity contribution in [2.75, 3.05) is 0 Å². The molecule has 1 amide bonds. The second kappa shape index (κ2) is 9.34. The normalized spacial score (nSPS) is 12.9. The summed E-state index contributed by atoms with van der Waals surface area (Å²) in [6.07, 6.45) is 0.560. The van der Waals surface area contributed by atoms with Crippen molar-refractivity contribution in [3.8, 4) is 0 Å². The maximum atomic E-state index is 13.7. The molecule has 2 rings (SSSR count).